The molecule has 0 atom stereocenters. The number of thioether (sulfide) groups is 1. The summed E-state index contributed by atoms with van der Waals surface area (Å²) in [5, 5.41) is 12.6. The summed E-state index contributed by atoms with van der Waals surface area (Å²) >= 11 is 6.34. The summed E-state index contributed by atoms with van der Waals surface area (Å²) in [6.45, 7) is 4.65. The number of amides is 1. The van der Waals surface area contributed by atoms with Crippen LogP contribution in [-0.2, 0) is 4.79 Å². The summed E-state index contributed by atoms with van der Waals surface area (Å²) in [7, 11) is 0. The summed E-state index contributed by atoms with van der Waals surface area (Å²) < 4.78 is 1.96. The van der Waals surface area contributed by atoms with Gasteiger partial charge in [0.1, 0.15) is 0 Å². The van der Waals surface area contributed by atoms with Crippen LogP contribution < -0.4 is 16.2 Å². The highest BCUT2D eigenvalue weighted by molar-refractivity contribution is 7.99. The van der Waals surface area contributed by atoms with E-state index >= 15 is 0 Å². The first kappa shape index (κ1) is 20.8. The van der Waals surface area contributed by atoms with Crippen LogP contribution >= 0.6 is 24.0 Å². The summed E-state index contributed by atoms with van der Waals surface area (Å²) in [5.41, 5.74) is 8.30. The lowest BCUT2D eigenvalue weighted by Gasteiger charge is -2.11. The maximum atomic E-state index is 12.1. The highest BCUT2D eigenvalue weighted by Crippen LogP contribution is 2.28. The van der Waals surface area contributed by atoms with Gasteiger partial charge in [-0.2, -0.15) is 0 Å². The van der Waals surface area contributed by atoms with E-state index in [0.29, 0.717) is 16.8 Å². The van der Waals surface area contributed by atoms with E-state index in [1.165, 1.54) is 17.3 Å². The van der Waals surface area contributed by atoms with Crippen LogP contribution in [0.1, 0.15) is 12.5 Å². The number of para-hydroxylation sites is 1. The molecule has 0 bridgehead atoms. The first-order chi connectivity index (χ1) is 14.1. The Labute approximate surface area is 179 Å². The van der Waals surface area contributed by atoms with Crippen molar-refractivity contribution in [3.8, 4) is 17.1 Å². The molecular formula is C20H22N6OS2. The van der Waals surface area contributed by atoms with E-state index in [2.05, 4.69) is 26.4 Å². The number of nitrogens with zero attached hydrogens (tertiary/aromatic N) is 3. The van der Waals surface area contributed by atoms with Gasteiger partial charge in [-0.1, -0.05) is 59.8 Å². The standard InChI is InChI=1S/C20H22N6OS2/c1-3-21-19(28)24-22-17(27)13-29-20-25-23-18(15-11-9-14(2)10-12-15)26(20)16-7-5-4-6-8-16/h4-12H,3,13H2,1-2H3,(H,22,27)(H2,21,24,28). The van der Waals surface area contributed by atoms with E-state index in [1.807, 2.05) is 73.0 Å². The topological polar surface area (TPSA) is 83.9 Å². The zero-order chi connectivity index (χ0) is 20.6. The van der Waals surface area contributed by atoms with Crippen molar-refractivity contribution in [3.63, 3.8) is 0 Å². The maximum Gasteiger partial charge on any atom is 0.248 e. The molecule has 3 rings (SSSR count). The molecule has 1 heterocycles. The summed E-state index contributed by atoms with van der Waals surface area (Å²) in [4.78, 5) is 12.1. The molecule has 2 aromatic carbocycles. The minimum absolute atomic E-state index is 0.167. The van der Waals surface area contributed by atoms with Crippen LogP contribution in [0.5, 0.6) is 0 Å². The molecule has 0 fully saturated rings. The third-order valence-corrected chi connectivity index (χ3v) is 5.12. The minimum atomic E-state index is -0.213. The molecule has 3 aromatic rings. The third-order valence-electron chi connectivity index (χ3n) is 3.94. The average molecular weight is 427 g/mol. The first-order valence-electron chi connectivity index (χ1n) is 9.12. The van der Waals surface area contributed by atoms with Crippen LogP contribution in [0.25, 0.3) is 17.1 Å². The smallest absolute Gasteiger partial charge is 0.248 e. The molecule has 7 nitrogen and oxygen atoms in total. The van der Waals surface area contributed by atoms with Gasteiger partial charge in [-0.15, -0.1) is 10.2 Å². The number of aryl methyl sites for hydroxylation is 1. The fraction of sp³-hybridized carbons (Fsp3) is 0.200. The van der Waals surface area contributed by atoms with Crippen molar-refractivity contribution in [3.05, 3.63) is 60.2 Å². The van der Waals surface area contributed by atoms with Gasteiger partial charge in [0, 0.05) is 17.8 Å². The molecule has 0 spiro atoms. The molecule has 1 amide bonds. The number of rotatable bonds is 6. The Bertz CT molecular complexity index is 972. The lowest BCUT2D eigenvalue weighted by molar-refractivity contribution is -0.119. The SMILES string of the molecule is CCNC(=S)NNC(=O)CSc1nnc(-c2ccc(C)cc2)n1-c1ccccc1. The monoisotopic (exact) mass is 426 g/mol. The second kappa shape index (κ2) is 10.0. The molecule has 150 valence electrons. The Morgan fingerprint density at radius 3 is 2.48 bits per heavy atom. The van der Waals surface area contributed by atoms with Gasteiger partial charge >= 0.3 is 0 Å². The van der Waals surface area contributed by atoms with Crippen LogP contribution in [0.3, 0.4) is 0 Å². The molecule has 0 radical (unpaired) electrons. The number of carbonyl (C=O) groups is 1. The van der Waals surface area contributed by atoms with Crippen LogP contribution in [0.2, 0.25) is 0 Å². The Morgan fingerprint density at radius 2 is 1.79 bits per heavy atom. The number of carbonyl (C=O) groups excluding carboxylic acids is 1. The Morgan fingerprint density at radius 1 is 1.07 bits per heavy atom. The van der Waals surface area contributed by atoms with Crippen molar-refractivity contribution in [1.29, 1.82) is 0 Å². The van der Waals surface area contributed by atoms with Gasteiger partial charge in [-0.3, -0.25) is 20.2 Å². The molecule has 3 N–H and O–H groups in total. The van der Waals surface area contributed by atoms with Crippen molar-refractivity contribution in [2.24, 2.45) is 0 Å². The zero-order valence-electron chi connectivity index (χ0n) is 16.2. The number of hydrogen-bond acceptors (Lipinski definition) is 5. The summed E-state index contributed by atoms with van der Waals surface area (Å²) in [5.74, 6) is 0.681. The average Bonchev–Trinajstić information content (AvgIpc) is 3.16. The highest BCUT2D eigenvalue weighted by atomic mass is 32.2. The molecule has 29 heavy (non-hydrogen) atoms. The van der Waals surface area contributed by atoms with E-state index in [9.17, 15) is 4.79 Å². The van der Waals surface area contributed by atoms with Crippen molar-refractivity contribution < 1.29 is 4.79 Å². The van der Waals surface area contributed by atoms with Gasteiger partial charge in [0.15, 0.2) is 16.1 Å². The molecule has 0 aliphatic heterocycles. The van der Waals surface area contributed by atoms with Crippen molar-refractivity contribution in [1.82, 2.24) is 30.9 Å². The van der Waals surface area contributed by atoms with Crippen LogP contribution in [0.4, 0.5) is 0 Å². The van der Waals surface area contributed by atoms with Crippen molar-refractivity contribution in [2.45, 2.75) is 19.0 Å². The number of hydrazine groups is 1. The summed E-state index contributed by atoms with van der Waals surface area (Å²) in [6, 6.07) is 18.0. The maximum absolute atomic E-state index is 12.1. The lowest BCUT2D eigenvalue weighted by atomic mass is 10.1. The Kier molecular flexibility index (Phi) is 7.20. The van der Waals surface area contributed by atoms with E-state index in [0.717, 1.165) is 17.1 Å². The fourth-order valence-corrected chi connectivity index (χ4v) is 3.51. The zero-order valence-corrected chi connectivity index (χ0v) is 17.8. The van der Waals surface area contributed by atoms with Crippen LogP contribution in [0.15, 0.2) is 59.8 Å². The molecule has 0 saturated heterocycles. The highest BCUT2D eigenvalue weighted by Gasteiger charge is 2.17. The van der Waals surface area contributed by atoms with Gasteiger partial charge in [0.25, 0.3) is 0 Å². The molecular weight excluding hydrogens is 404 g/mol. The van der Waals surface area contributed by atoms with E-state index in [4.69, 9.17) is 12.2 Å². The third kappa shape index (κ3) is 5.55. The molecule has 0 saturated carbocycles. The molecule has 9 heteroatoms. The van der Waals surface area contributed by atoms with Crippen molar-refractivity contribution >= 4 is 35.0 Å². The number of nitrogens with one attached hydrogen (secondary N) is 3. The number of thiocarbonyl (C=S) groups is 1. The number of hydrogen-bond donors (Lipinski definition) is 3. The quantitative estimate of drug-likeness (QED) is 0.318. The Balaban J connectivity index is 1.79. The molecule has 0 aliphatic rings. The van der Waals surface area contributed by atoms with Gasteiger partial charge in [0.05, 0.1) is 5.75 Å². The predicted molar refractivity (Wildman–Crippen MR) is 120 cm³/mol. The normalized spacial score (nSPS) is 10.4. The van der Waals surface area contributed by atoms with Crippen LogP contribution in [0, 0.1) is 6.92 Å². The van der Waals surface area contributed by atoms with E-state index < -0.39 is 0 Å². The van der Waals surface area contributed by atoms with E-state index in [1.54, 1.807) is 0 Å². The van der Waals surface area contributed by atoms with Gasteiger partial charge < -0.3 is 5.32 Å². The fourth-order valence-electron chi connectivity index (χ4n) is 2.56. The van der Waals surface area contributed by atoms with Gasteiger partial charge in [-0.25, -0.2) is 0 Å². The summed E-state index contributed by atoms with van der Waals surface area (Å²) in [6.07, 6.45) is 0. The second-order valence-corrected chi connectivity index (χ2v) is 7.52. The van der Waals surface area contributed by atoms with Gasteiger partial charge in [-0.05, 0) is 38.2 Å². The minimum Gasteiger partial charge on any atom is -0.362 e. The molecule has 1 aromatic heterocycles. The largest absolute Gasteiger partial charge is 0.362 e. The van der Waals surface area contributed by atoms with Gasteiger partial charge in [0.2, 0.25) is 5.91 Å². The first-order valence-corrected chi connectivity index (χ1v) is 10.5. The predicted octanol–water partition coefficient (Wildman–Crippen LogP) is 2.85. The number of benzene rings is 2. The lowest BCUT2D eigenvalue weighted by Crippen LogP contribution is -2.47. The van der Waals surface area contributed by atoms with Crippen LogP contribution in [-0.4, -0.2) is 38.1 Å². The second-order valence-electron chi connectivity index (χ2n) is 6.16. The van der Waals surface area contributed by atoms with E-state index in [-0.39, 0.29) is 11.7 Å². The Hall–Kier alpha value is -2.91. The number of aromatic nitrogens is 3. The molecule has 0 unspecified atom stereocenters. The van der Waals surface area contributed by atoms with Crippen molar-refractivity contribution in [2.75, 3.05) is 12.3 Å². The molecule has 0 aliphatic carbocycles.